The summed E-state index contributed by atoms with van der Waals surface area (Å²) in [6.45, 7) is 4.14. The SMILES string of the molecule is CC1CNCCN1C(=O)c1cc2ccccc2[nH]c1=O.Cl. The highest BCUT2D eigenvalue weighted by Crippen LogP contribution is 2.13. The monoisotopic (exact) mass is 307 g/mol. The molecule has 2 N–H and O–H groups in total. The second-order valence-electron chi connectivity index (χ2n) is 5.15. The van der Waals surface area contributed by atoms with Crippen molar-refractivity contribution in [3.8, 4) is 0 Å². The summed E-state index contributed by atoms with van der Waals surface area (Å²) in [5.41, 5.74) is 0.652. The first kappa shape index (κ1) is 15.5. The number of carbonyl (C=O) groups excluding carboxylic acids is 1. The molecule has 1 amide bonds. The molecule has 1 aliphatic heterocycles. The van der Waals surface area contributed by atoms with Crippen LogP contribution in [0.25, 0.3) is 10.9 Å². The first-order chi connectivity index (χ1) is 9.66. The molecule has 3 rings (SSSR count). The third kappa shape index (κ3) is 2.94. The van der Waals surface area contributed by atoms with Crippen LogP contribution in [0.4, 0.5) is 0 Å². The summed E-state index contributed by atoms with van der Waals surface area (Å²) in [6.07, 6.45) is 0. The van der Waals surface area contributed by atoms with E-state index in [0.717, 1.165) is 24.0 Å². The fourth-order valence-electron chi connectivity index (χ4n) is 2.60. The van der Waals surface area contributed by atoms with E-state index in [0.29, 0.717) is 6.54 Å². The Morgan fingerprint density at radius 1 is 1.33 bits per heavy atom. The van der Waals surface area contributed by atoms with Gasteiger partial charge in [-0.15, -0.1) is 12.4 Å². The van der Waals surface area contributed by atoms with E-state index in [4.69, 9.17) is 0 Å². The third-order valence-corrected chi connectivity index (χ3v) is 3.75. The largest absolute Gasteiger partial charge is 0.333 e. The zero-order valence-corrected chi connectivity index (χ0v) is 12.6. The zero-order valence-electron chi connectivity index (χ0n) is 11.8. The van der Waals surface area contributed by atoms with Gasteiger partial charge in [0.1, 0.15) is 5.56 Å². The maximum absolute atomic E-state index is 12.6. The normalized spacial score (nSPS) is 18.3. The molecule has 1 aliphatic rings. The number of amides is 1. The van der Waals surface area contributed by atoms with Crippen LogP contribution in [0, 0.1) is 0 Å². The summed E-state index contributed by atoms with van der Waals surface area (Å²) in [5.74, 6) is -0.189. The van der Waals surface area contributed by atoms with Crippen LogP contribution in [0.2, 0.25) is 0 Å². The van der Waals surface area contributed by atoms with Crippen LogP contribution in [0.1, 0.15) is 17.3 Å². The summed E-state index contributed by atoms with van der Waals surface area (Å²) in [5, 5.41) is 4.11. The molecule has 1 aromatic heterocycles. The lowest BCUT2D eigenvalue weighted by Crippen LogP contribution is -2.53. The number of nitrogens with zero attached hydrogens (tertiary/aromatic N) is 1. The lowest BCUT2D eigenvalue weighted by molar-refractivity contribution is 0.0654. The van der Waals surface area contributed by atoms with Gasteiger partial charge in [0.2, 0.25) is 0 Å². The number of rotatable bonds is 1. The number of halogens is 1. The molecular weight excluding hydrogens is 290 g/mol. The van der Waals surface area contributed by atoms with Gasteiger partial charge in [-0.3, -0.25) is 9.59 Å². The average Bonchev–Trinajstić information content (AvgIpc) is 2.46. The van der Waals surface area contributed by atoms with E-state index < -0.39 is 0 Å². The van der Waals surface area contributed by atoms with Gasteiger partial charge in [-0.1, -0.05) is 18.2 Å². The number of hydrogen-bond donors (Lipinski definition) is 2. The van der Waals surface area contributed by atoms with Crippen molar-refractivity contribution in [3.63, 3.8) is 0 Å². The van der Waals surface area contributed by atoms with E-state index in [2.05, 4.69) is 10.3 Å². The zero-order chi connectivity index (χ0) is 14.1. The van der Waals surface area contributed by atoms with E-state index in [1.165, 1.54) is 0 Å². The van der Waals surface area contributed by atoms with Crippen molar-refractivity contribution in [1.82, 2.24) is 15.2 Å². The van der Waals surface area contributed by atoms with Crippen LogP contribution >= 0.6 is 12.4 Å². The first-order valence-corrected chi connectivity index (χ1v) is 6.80. The summed E-state index contributed by atoms with van der Waals surface area (Å²) < 4.78 is 0. The topological polar surface area (TPSA) is 65.2 Å². The number of benzene rings is 1. The maximum Gasteiger partial charge on any atom is 0.261 e. The van der Waals surface area contributed by atoms with Crippen LogP contribution in [-0.2, 0) is 0 Å². The molecule has 5 nitrogen and oxygen atoms in total. The molecule has 1 unspecified atom stereocenters. The minimum Gasteiger partial charge on any atom is -0.333 e. The summed E-state index contributed by atoms with van der Waals surface area (Å²) in [7, 11) is 0. The predicted molar refractivity (Wildman–Crippen MR) is 85.2 cm³/mol. The summed E-state index contributed by atoms with van der Waals surface area (Å²) in [4.78, 5) is 29.2. The standard InChI is InChI=1S/C15H17N3O2.ClH/c1-10-9-16-6-7-18(10)15(20)12-8-11-4-2-3-5-13(11)17-14(12)19;/h2-5,8,10,16H,6-7,9H2,1H3,(H,17,19);1H. The lowest BCUT2D eigenvalue weighted by Gasteiger charge is -2.33. The Bertz CT molecular complexity index is 713. The molecule has 1 atom stereocenters. The van der Waals surface area contributed by atoms with Crippen LogP contribution in [-0.4, -0.2) is 41.5 Å². The fraction of sp³-hybridized carbons (Fsp3) is 0.333. The van der Waals surface area contributed by atoms with Gasteiger partial charge in [0.15, 0.2) is 0 Å². The maximum atomic E-state index is 12.6. The van der Waals surface area contributed by atoms with Crippen molar-refractivity contribution in [2.45, 2.75) is 13.0 Å². The molecular formula is C15H18ClN3O2. The smallest absolute Gasteiger partial charge is 0.261 e. The van der Waals surface area contributed by atoms with Crippen LogP contribution in [0.5, 0.6) is 0 Å². The molecule has 0 saturated carbocycles. The second kappa shape index (κ2) is 6.28. The Morgan fingerprint density at radius 3 is 2.86 bits per heavy atom. The Balaban J connectivity index is 0.00000161. The molecule has 112 valence electrons. The number of para-hydroxylation sites is 1. The number of H-pyrrole nitrogens is 1. The second-order valence-corrected chi connectivity index (χ2v) is 5.15. The first-order valence-electron chi connectivity index (χ1n) is 6.80. The van der Waals surface area contributed by atoms with Crippen molar-refractivity contribution in [2.24, 2.45) is 0 Å². The van der Waals surface area contributed by atoms with Gasteiger partial charge in [-0.25, -0.2) is 0 Å². The number of aromatic amines is 1. The number of aromatic nitrogens is 1. The highest BCUT2D eigenvalue weighted by molar-refractivity contribution is 5.97. The molecule has 0 radical (unpaired) electrons. The lowest BCUT2D eigenvalue weighted by atomic mass is 10.1. The van der Waals surface area contributed by atoms with E-state index >= 15 is 0 Å². The van der Waals surface area contributed by atoms with Gasteiger partial charge in [-0.2, -0.15) is 0 Å². The van der Waals surface area contributed by atoms with E-state index in [1.807, 2.05) is 31.2 Å². The molecule has 1 fully saturated rings. The summed E-state index contributed by atoms with van der Waals surface area (Å²) in [6, 6.07) is 9.26. The van der Waals surface area contributed by atoms with Crippen LogP contribution < -0.4 is 10.9 Å². The van der Waals surface area contributed by atoms with Gasteiger partial charge >= 0.3 is 0 Å². The quantitative estimate of drug-likeness (QED) is 0.836. The molecule has 2 aromatic rings. The predicted octanol–water partition coefficient (Wildman–Crippen LogP) is 1.38. The van der Waals surface area contributed by atoms with Crippen LogP contribution in [0.15, 0.2) is 35.1 Å². The van der Waals surface area contributed by atoms with Gasteiger partial charge in [0.25, 0.3) is 11.5 Å². The number of fused-ring (bicyclic) bond motifs is 1. The number of nitrogens with one attached hydrogen (secondary N) is 2. The number of pyridine rings is 1. The Hall–Kier alpha value is -1.85. The van der Waals surface area contributed by atoms with Gasteiger partial charge < -0.3 is 15.2 Å². The third-order valence-electron chi connectivity index (χ3n) is 3.75. The Kier molecular flexibility index (Phi) is 4.65. The molecule has 2 heterocycles. The minimum absolute atomic E-state index is 0. The van der Waals surface area contributed by atoms with Crippen molar-refractivity contribution < 1.29 is 4.79 Å². The van der Waals surface area contributed by atoms with Crippen molar-refractivity contribution in [3.05, 3.63) is 46.2 Å². The number of hydrogen-bond acceptors (Lipinski definition) is 3. The molecule has 0 spiro atoms. The van der Waals surface area contributed by atoms with Gasteiger partial charge in [0.05, 0.1) is 0 Å². The van der Waals surface area contributed by atoms with E-state index in [-0.39, 0.29) is 35.5 Å². The summed E-state index contributed by atoms with van der Waals surface area (Å²) >= 11 is 0. The average molecular weight is 308 g/mol. The molecule has 21 heavy (non-hydrogen) atoms. The fourth-order valence-corrected chi connectivity index (χ4v) is 2.60. The highest BCUT2D eigenvalue weighted by atomic mass is 35.5. The van der Waals surface area contributed by atoms with Crippen molar-refractivity contribution >= 4 is 29.2 Å². The Labute approximate surface area is 128 Å². The molecule has 1 aromatic carbocycles. The highest BCUT2D eigenvalue weighted by Gasteiger charge is 2.25. The Morgan fingerprint density at radius 2 is 2.10 bits per heavy atom. The van der Waals surface area contributed by atoms with E-state index in [1.54, 1.807) is 11.0 Å². The number of carbonyl (C=O) groups is 1. The van der Waals surface area contributed by atoms with Crippen LogP contribution in [0.3, 0.4) is 0 Å². The molecule has 1 saturated heterocycles. The molecule has 0 aliphatic carbocycles. The van der Waals surface area contributed by atoms with Crippen molar-refractivity contribution in [2.75, 3.05) is 19.6 Å². The van der Waals surface area contributed by atoms with E-state index in [9.17, 15) is 9.59 Å². The minimum atomic E-state index is -0.320. The molecule has 6 heteroatoms. The van der Waals surface area contributed by atoms with Gasteiger partial charge in [-0.05, 0) is 24.4 Å². The number of piperazine rings is 1. The molecule has 0 bridgehead atoms. The van der Waals surface area contributed by atoms with Crippen molar-refractivity contribution in [1.29, 1.82) is 0 Å². The van der Waals surface area contributed by atoms with Gasteiger partial charge in [0, 0.05) is 31.2 Å².